The smallest absolute Gasteiger partial charge is 0.187 e. The van der Waals surface area contributed by atoms with E-state index in [-0.39, 0.29) is 19.0 Å². The Hall–Kier alpha value is -1.66. The van der Waals surface area contributed by atoms with Crippen molar-refractivity contribution in [3.05, 3.63) is 35.4 Å². The summed E-state index contributed by atoms with van der Waals surface area (Å²) >= 11 is 0. The summed E-state index contributed by atoms with van der Waals surface area (Å²) in [5.74, 6) is 0.373. The minimum Gasteiger partial charge on any atom is -0.377 e. The molecule has 0 bridgehead atoms. The lowest BCUT2D eigenvalue weighted by molar-refractivity contribution is -0.0566. The Bertz CT molecular complexity index is 480. The number of hydrogen-bond acceptors (Lipinski definition) is 3. The second kappa shape index (κ2) is 4.91. The maximum Gasteiger partial charge on any atom is 0.187 e. The van der Waals surface area contributed by atoms with Gasteiger partial charge in [-0.2, -0.15) is 5.26 Å². The van der Waals surface area contributed by atoms with Gasteiger partial charge in [-0.3, -0.25) is 4.79 Å². The molecule has 1 fully saturated rings. The third-order valence-electron chi connectivity index (χ3n) is 3.70. The van der Waals surface area contributed by atoms with Crippen molar-refractivity contribution in [1.82, 2.24) is 0 Å². The molecule has 0 amide bonds. The average molecular weight is 243 g/mol. The summed E-state index contributed by atoms with van der Waals surface area (Å²) in [4.78, 5) is 12.2. The fourth-order valence-corrected chi connectivity index (χ4v) is 2.03. The fraction of sp³-hybridized carbons (Fsp3) is 0.467. The minimum absolute atomic E-state index is 0.119. The molecule has 1 atom stereocenters. The van der Waals surface area contributed by atoms with E-state index in [0.29, 0.717) is 11.5 Å². The zero-order chi connectivity index (χ0) is 13.2. The SMILES string of the molecule is CCC(C)c1ccc(C(=O)C2(C#N)COC2)cc1. The van der Waals surface area contributed by atoms with Gasteiger partial charge in [-0.05, 0) is 17.9 Å². The second-order valence-electron chi connectivity index (χ2n) is 4.95. The van der Waals surface area contributed by atoms with Crippen LogP contribution >= 0.6 is 0 Å². The Labute approximate surface area is 107 Å². The first kappa shape index (κ1) is 12.8. The van der Waals surface area contributed by atoms with Crippen LogP contribution in [0.2, 0.25) is 0 Å². The van der Waals surface area contributed by atoms with Gasteiger partial charge < -0.3 is 4.74 Å². The predicted molar refractivity (Wildman–Crippen MR) is 68.3 cm³/mol. The van der Waals surface area contributed by atoms with Gasteiger partial charge in [-0.15, -0.1) is 0 Å². The summed E-state index contributed by atoms with van der Waals surface area (Å²) in [6.07, 6.45) is 1.07. The Morgan fingerprint density at radius 3 is 2.44 bits per heavy atom. The maximum absolute atomic E-state index is 12.2. The van der Waals surface area contributed by atoms with Crippen LogP contribution in [0.1, 0.15) is 42.1 Å². The summed E-state index contributed by atoms with van der Waals surface area (Å²) < 4.78 is 5.01. The normalized spacial score (nSPS) is 18.5. The molecule has 3 nitrogen and oxygen atoms in total. The summed E-state index contributed by atoms with van der Waals surface area (Å²) in [5, 5.41) is 9.10. The van der Waals surface area contributed by atoms with Gasteiger partial charge in [0, 0.05) is 5.56 Å². The molecule has 0 aromatic heterocycles. The minimum atomic E-state index is -0.947. The van der Waals surface area contributed by atoms with Crippen molar-refractivity contribution in [2.24, 2.45) is 5.41 Å². The number of carbonyl (C=O) groups is 1. The summed E-state index contributed by atoms with van der Waals surface area (Å²) in [7, 11) is 0. The van der Waals surface area contributed by atoms with Gasteiger partial charge in [-0.1, -0.05) is 38.1 Å². The van der Waals surface area contributed by atoms with E-state index >= 15 is 0 Å². The lowest BCUT2D eigenvalue weighted by atomic mass is 9.79. The largest absolute Gasteiger partial charge is 0.377 e. The molecule has 1 heterocycles. The molecule has 1 aliphatic rings. The van der Waals surface area contributed by atoms with Gasteiger partial charge in [-0.25, -0.2) is 0 Å². The van der Waals surface area contributed by atoms with Crippen LogP contribution in [0, 0.1) is 16.7 Å². The number of hydrogen-bond donors (Lipinski definition) is 0. The van der Waals surface area contributed by atoms with Crippen molar-refractivity contribution in [2.45, 2.75) is 26.2 Å². The first-order valence-corrected chi connectivity index (χ1v) is 6.26. The van der Waals surface area contributed by atoms with E-state index in [1.54, 1.807) is 0 Å². The molecule has 0 radical (unpaired) electrons. The van der Waals surface area contributed by atoms with Gasteiger partial charge >= 0.3 is 0 Å². The van der Waals surface area contributed by atoms with E-state index < -0.39 is 5.41 Å². The fourth-order valence-electron chi connectivity index (χ4n) is 2.03. The molecule has 1 unspecified atom stereocenters. The number of nitrogens with zero attached hydrogens (tertiary/aromatic N) is 1. The molecule has 3 heteroatoms. The van der Waals surface area contributed by atoms with Crippen molar-refractivity contribution < 1.29 is 9.53 Å². The van der Waals surface area contributed by atoms with E-state index in [1.165, 1.54) is 5.56 Å². The molecular formula is C15H17NO2. The van der Waals surface area contributed by atoms with Gasteiger partial charge in [0.25, 0.3) is 0 Å². The summed E-state index contributed by atoms with van der Waals surface area (Å²) in [5.41, 5.74) is 0.884. The van der Waals surface area contributed by atoms with Crippen LogP contribution in [0.25, 0.3) is 0 Å². The molecule has 18 heavy (non-hydrogen) atoms. The first-order chi connectivity index (χ1) is 8.63. The highest BCUT2D eigenvalue weighted by molar-refractivity contribution is 6.03. The molecule has 1 aromatic carbocycles. The first-order valence-electron chi connectivity index (χ1n) is 6.26. The highest BCUT2D eigenvalue weighted by Crippen LogP contribution is 2.31. The highest BCUT2D eigenvalue weighted by atomic mass is 16.5. The zero-order valence-electron chi connectivity index (χ0n) is 10.8. The number of rotatable bonds is 4. The van der Waals surface area contributed by atoms with Crippen LogP contribution in [0.4, 0.5) is 0 Å². The Morgan fingerprint density at radius 1 is 1.44 bits per heavy atom. The van der Waals surface area contributed by atoms with Gasteiger partial charge in [0.15, 0.2) is 11.2 Å². The van der Waals surface area contributed by atoms with Crippen molar-refractivity contribution in [3.63, 3.8) is 0 Å². The molecule has 0 saturated carbocycles. The Balaban J connectivity index is 2.20. The maximum atomic E-state index is 12.2. The lowest BCUT2D eigenvalue weighted by Crippen LogP contribution is -2.47. The van der Waals surface area contributed by atoms with Crippen LogP contribution in [0.15, 0.2) is 24.3 Å². The topological polar surface area (TPSA) is 50.1 Å². The van der Waals surface area contributed by atoms with Crippen molar-refractivity contribution in [3.8, 4) is 6.07 Å². The number of nitriles is 1. The predicted octanol–water partition coefficient (Wildman–Crippen LogP) is 2.92. The standard InChI is InChI=1S/C15H17NO2/c1-3-11(2)12-4-6-13(7-5-12)14(17)15(8-16)9-18-10-15/h4-7,11H,3,9-10H2,1-2H3. The molecule has 0 N–H and O–H groups in total. The van der Waals surface area contributed by atoms with Crippen LogP contribution in [0.5, 0.6) is 0 Å². The van der Waals surface area contributed by atoms with Crippen LogP contribution < -0.4 is 0 Å². The molecule has 1 aliphatic heterocycles. The molecule has 2 rings (SSSR count). The zero-order valence-corrected chi connectivity index (χ0v) is 10.8. The van der Waals surface area contributed by atoms with Crippen LogP contribution in [-0.4, -0.2) is 19.0 Å². The second-order valence-corrected chi connectivity index (χ2v) is 4.95. The Kier molecular flexibility index (Phi) is 3.49. The van der Waals surface area contributed by atoms with Crippen molar-refractivity contribution in [1.29, 1.82) is 5.26 Å². The van der Waals surface area contributed by atoms with E-state index in [1.807, 2.05) is 24.3 Å². The van der Waals surface area contributed by atoms with Gasteiger partial charge in [0.1, 0.15) is 0 Å². The number of carbonyl (C=O) groups excluding carboxylic acids is 1. The number of benzene rings is 1. The quantitative estimate of drug-likeness (QED) is 0.764. The van der Waals surface area contributed by atoms with Crippen LogP contribution in [-0.2, 0) is 4.74 Å². The van der Waals surface area contributed by atoms with E-state index in [9.17, 15) is 4.79 Å². The van der Waals surface area contributed by atoms with Crippen molar-refractivity contribution in [2.75, 3.05) is 13.2 Å². The molecule has 0 spiro atoms. The average Bonchev–Trinajstić information content (AvgIpc) is 2.37. The third-order valence-corrected chi connectivity index (χ3v) is 3.70. The third kappa shape index (κ3) is 2.04. The van der Waals surface area contributed by atoms with Crippen molar-refractivity contribution >= 4 is 5.78 Å². The molecule has 1 aromatic rings. The summed E-state index contributed by atoms with van der Waals surface area (Å²) in [6.45, 7) is 4.73. The van der Waals surface area contributed by atoms with E-state index in [2.05, 4.69) is 19.9 Å². The molecular weight excluding hydrogens is 226 g/mol. The number of Topliss-reactive ketones (excluding diaryl/α,β-unsaturated/α-hetero) is 1. The molecule has 1 saturated heterocycles. The highest BCUT2D eigenvalue weighted by Gasteiger charge is 2.46. The van der Waals surface area contributed by atoms with Gasteiger partial charge in [0.2, 0.25) is 0 Å². The van der Waals surface area contributed by atoms with Crippen LogP contribution in [0.3, 0.4) is 0 Å². The Morgan fingerprint density at radius 2 is 2.06 bits per heavy atom. The lowest BCUT2D eigenvalue weighted by Gasteiger charge is -2.33. The molecule has 94 valence electrons. The monoisotopic (exact) mass is 243 g/mol. The van der Waals surface area contributed by atoms with Gasteiger partial charge in [0.05, 0.1) is 19.3 Å². The van der Waals surface area contributed by atoms with E-state index in [0.717, 1.165) is 6.42 Å². The van der Waals surface area contributed by atoms with E-state index in [4.69, 9.17) is 10.00 Å². The summed E-state index contributed by atoms with van der Waals surface area (Å²) in [6, 6.07) is 9.68. The number of ether oxygens (including phenoxy) is 1. The molecule has 0 aliphatic carbocycles. The number of ketones is 1.